The Morgan fingerprint density at radius 1 is 1.00 bits per heavy atom. The first kappa shape index (κ1) is 14.6. The minimum Gasteiger partial charge on any atom is -0.325 e. The first-order valence-electron chi connectivity index (χ1n) is 7.08. The van der Waals surface area contributed by atoms with E-state index in [2.05, 4.69) is 10.6 Å². The highest BCUT2D eigenvalue weighted by Crippen LogP contribution is 2.16. The molecule has 7 heteroatoms. The van der Waals surface area contributed by atoms with Crippen molar-refractivity contribution < 1.29 is 14.4 Å². The molecular weight excluding hydrogens is 260 g/mol. The highest BCUT2D eigenvalue weighted by atomic mass is 16.2. The summed E-state index contributed by atoms with van der Waals surface area (Å²) < 4.78 is 0. The summed E-state index contributed by atoms with van der Waals surface area (Å²) in [6, 6.07) is -0.357. The summed E-state index contributed by atoms with van der Waals surface area (Å²) in [7, 11) is 0. The zero-order valence-corrected chi connectivity index (χ0v) is 12.0. The number of hydrogen-bond donors (Lipinski definition) is 2. The van der Waals surface area contributed by atoms with E-state index in [1.165, 1.54) is 0 Å². The van der Waals surface area contributed by atoms with Gasteiger partial charge in [0.1, 0.15) is 0 Å². The molecule has 2 unspecified atom stereocenters. The Labute approximate surface area is 118 Å². The molecule has 2 aliphatic rings. The van der Waals surface area contributed by atoms with E-state index in [0.29, 0.717) is 13.1 Å². The molecule has 2 rings (SSSR count). The molecule has 0 radical (unpaired) electrons. The molecule has 112 valence electrons. The van der Waals surface area contributed by atoms with Gasteiger partial charge in [0, 0.05) is 24.9 Å². The molecule has 2 heterocycles. The zero-order valence-electron chi connectivity index (χ0n) is 12.0. The summed E-state index contributed by atoms with van der Waals surface area (Å²) in [6.07, 6.45) is 1.67. The van der Waals surface area contributed by atoms with Gasteiger partial charge in [-0.05, 0) is 12.8 Å². The summed E-state index contributed by atoms with van der Waals surface area (Å²) in [6.45, 7) is 5.59. The van der Waals surface area contributed by atoms with Crippen LogP contribution in [0.15, 0.2) is 0 Å². The van der Waals surface area contributed by atoms with Crippen LogP contribution in [0.5, 0.6) is 0 Å². The number of likely N-dealkylation sites (tertiary alicyclic amines) is 2. The molecule has 0 saturated carbocycles. The number of carbonyl (C=O) groups is 3. The maximum absolute atomic E-state index is 11.7. The first-order chi connectivity index (χ1) is 9.49. The normalized spacial score (nSPS) is 26.3. The molecule has 7 nitrogen and oxygen atoms in total. The van der Waals surface area contributed by atoms with E-state index in [4.69, 9.17) is 0 Å². The lowest BCUT2D eigenvalue weighted by molar-refractivity contribution is -0.131. The second-order valence-electron chi connectivity index (χ2n) is 5.58. The van der Waals surface area contributed by atoms with Gasteiger partial charge in [-0.25, -0.2) is 4.79 Å². The van der Waals surface area contributed by atoms with Gasteiger partial charge in [-0.15, -0.1) is 0 Å². The molecule has 0 aliphatic carbocycles. The molecule has 0 aromatic carbocycles. The molecule has 4 amide bonds. The van der Waals surface area contributed by atoms with Crippen molar-refractivity contribution >= 4 is 17.8 Å². The average Bonchev–Trinajstić information content (AvgIpc) is 2.91. The lowest BCUT2D eigenvalue weighted by atomic mass is 10.1. The SMILES string of the molecule is CC1CCN(CNC(=O)NCN2CCC(C)C2=O)C1=O. The number of nitrogens with one attached hydrogen (secondary N) is 2. The van der Waals surface area contributed by atoms with Crippen LogP contribution >= 0.6 is 0 Å². The largest absolute Gasteiger partial charge is 0.325 e. The van der Waals surface area contributed by atoms with Crippen LogP contribution in [-0.4, -0.2) is 54.1 Å². The smallest absolute Gasteiger partial charge is 0.317 e. The maximum Gasteiger partial charge on any atom is 0.317 e. The number of carbonyl (C=O) groups excluding carboxylic acids is 3. The molecule has 2 N–H and O–H groups in total. The van der Waals surface area contributed by atoms with Gasteiger partial charge in [-0.1, -0.05) is 13.8 Å². The van der Waals surface area contributed by atoms with Crippen molar-refractivity contribution in [3.05, 3.63) is 0 Å². The van der Waals surface area contributed by atoms with E-state index < -0.39 is 0 Å². The fourth-order valence-corrected chi connectivity index (χ4v) is 2.50. The number of amides is 4. The fourth-order valence-electron chi connectivity index (χ4n) is 2.50. The Morgan fingerprint density at radius 3 is 1.70 bits per heavy atom. The summed E-state index contributed by atoms with van der Waals surface area (Å²) in [5, 5.41) is 5.29. The third kappa shape index (κ3) is 3.20. The van der Waals surface area contributed by atoms with Gasteiger partial charge in [-0.2, -0.15) is 0 Å². The lowest BCUT2D eigenvalue weighted by Crippen LogP contribution is -2.47. The summed E-state index contributed by atoms with van der Waals surface area (Å²) in [5.74, 6) is 0.245. The zero-order chi connectivity index (χ0) is 14.7. The van der Waals surface area contributed by atoms with Crippen molar-refractivity contribution in [2.75, 3.05) is 26.4 Å². The van der Waals surface area contributed by atoms with Crippen LogP contribution in [0.25, 0.3) is 0 Å². The molecule has 2 aliphatic heterocycles. The van der Waals surface area contributed by atoms with Crippen molar-refractivity contribution in [3.63, 3.8) is 0 Å². The van der Waals surface area contributed by atoms with Crippen LogP contribution in [0.4, 0.5) is 4.79 Å². The van der Waals surface area contributed by atoms with E-state index in [1.807, 2.05) is 13.8 Å². The van der Waals surface area contributed by atoms with Gasteiger partial charge in [0.05, 0.1) is 13.3 Å². The second-order valence-corrected chi connectivity index (χ2v) is 5.58. The minimum atomic E-state index is -0.357. The molecular formula is C13H22N4O3. The molecule has 0 aromatic rings. The van der Waals surface area contributed by atoms with E-state index in [-0.39, 0.29) is 43.0 Å². The van der Waals surface area contributed by atoms with Gasteiger partial charge in [-0.3, -0.25) is 9.59 Å². The Hall–Kier alpha value is -1.79. The molecule has 2 fully saturated rings. The van der Waals surface area contributed by atoms with E-state index >= 15 is 0 Å². The van der Waals surface area contributed by atoms with E-state index in [9.17, 15) is 14.4 Å². The molecule has 2 atom stereocenters. The molecule has 0 spiro atoms. The van der Waals surface area contributed by atoms with Crippen molar-refractivity contribution in [2.24, 2.45) is 11.8 Å². The third-order valence-corrected chi connectivity index (χ3v) is 3.99. The Kier molecular flexibility index (Phi) is 4.46. The lowest BCUT2D eigenvalue weighted by Gasteiger charge is -2.19. The number of urea groups is 1. The second kappa shape index (κ2) is 6.11. The van der Waals surface area contributed by atoms with Crippen LogP contribution in [0, 0.1) is 11.8 Å². The van der Waals surface area contributed by atoms with Crippen molar-refractivity contribution in [3.8, 4) is 0 Å². The van der Waals surface area contributed by atoms with Crippen LogP contribution in [0.2, 0.25) is 0 Å². The summed E-state index contributed by atoms with van der Waals surface area (Å²) in [4.78, 5) is 38.2. The Morgan fingerprint density at radius 2 is 1.40 bits per heavy atom. The highest BCUT2D eigenvalue weighted by Gasteiger charge is 2.29. The topological polar surface area (TPSA) is 81.8 Å². The molecule has 0 aromatic heterocycles. The molecule has 0 bridgehead atoms. The standard InChI is InChI=1S/C13H22N4O3/c1-9-3-5-16(11(9)18)7-14-13(20)15-8-17-6-4-10(2)12(17)19/h9-10H,3-8H2,1-2H3,(H2,14,15,20). The van der Waals surface area contributed by atoms with E-state index in [0.717, 1.165) is 12.8 Å². The van der Waals surface area contributed by atoms with E-state index in [1.54, 1.807) is 9.80 Å². The average molecular weight is 282 g/mol. The maximum atomic E-state index is 11.7. The van der Waals surface area contributed by atoms with Gasteiger partial charge in [0.2, 0.25) is 11.8 Å². The van der Waals surface area contributed by atoms with Crippen molar-refractivity contribution in [2.45, 2.75) is 26.7 Å². The fraction of sp³-hybridized carbons (Fsp3) is 0.769. The predicted molar refractivity (Wildman–Crippen MR) is 72.4 cm³/mol. The summed E-state index contributed by atoms with van der Waals surface area (Å²) >= 11 is 0. The Bertz CT molecular complexity index is 376. The van der Waals surface area contributed by atoms with Gasteiger partial charge < -0.3 is 20.4 Å². The van der Waals surface area contributed by atoms with Crippen molar-refractivity contribution in [1.82, 2.24) is 20.4 Å². The highest BCUT2D eigenvalue weighted by molar-refractivity contribution is 5.82. The predicted octanol–water partition coefficient (Wildman–Crippen LogP) is -0.0626. The van der Waals surface area contributed by atoms with Crippen LogP contribution in [0.3, 0.4) is 0 Å². The minimum absolute atomic E-state index is 0.0450. The Balaban J connectivity index is 1.66. The van der Waals surface area contributed by atoms with Gasteiger partial charge in [0.15, 0.2) is 0 Å². The van der Waals surface area contributed by atoms with Crippen molar-refractivity contribution in [1.29, 1.82) is 0 Å². The first-order valence-corrected chi connectivity index (χ1v) is 7.08. The molecule has 2 saturated heterocycles. The van der Waals surface area contributed by atoms with Gasteiger partial charge in [0.25, 0.3) is 0 Å². The number of rotatable bonds is 4. The number of nitrogens with zero attached hydrogens (tertiary/aromatic N) is 2. The summed E-state index contributed by atoms with van der Waals surface area (Å²) in [5.41, 5.74) is 0. The molecule has 20 heavy (non-hydrogen) atoms. The third-order valence-electron chi connectivity index (χ3n) is 3.99. The van der Waals surface area contributed by atoms with Crippen LogP contribution in [-0.2, 0) is 9.59 Å². The van der Waals surface area contributed by atoms with Crippen LogP contribution < -0.4 is 10.6 Å². The van der Waals surface area contributed by atoms with Crippen LogP contribution in [0.1, 0.15) is 26.7 Å². The quantitative estimate of drug-likeness (QED) is 0.758. The monoisotopic (exact) mass is 282 g/mol. The van der Waals surface area contributed by atoms with Gasteiger partial charge >= 0.3 is 6.03 Å². The number of hydrogen-bond acceptors (Lipinski definition) is 3.